The van der Waals surface area contributed by atoms with Gasteiger partial charge in [-0.1, -0.05) is 39.3 Å². The van der Waals surface area contributed by atoms with Crippen LogP contribution in [0.25, 0.3) is 0 Å². The number of ether oxygens (including phenoxy) is 1. The normalized spacial score (nSPS) is 17.9. The average molecular weight is 296 g/mol. The Hall–Kier alpha value is -0.730. The monoisotopic (exact) mass is 295 g/mol. The van der Waals surface area contributed by atoms with Gasteiger partial charge >= 0.3 is 0 Å². The van der Waals surface area contributed by atoms with Crippen LogP contribution in [0.15, 0.2) is 18.2 Å². The summed E-state index contributed by atoms with van der Waals surface area (Å²) in [5, 5.41) is 4.37. The number of nitrogens with one attached hydrogen (secondary N) is 1. The third-order valence-electron chi connectivity index (χ3n) is 4.23. The van der Waals surface area contributed by atoms with Crippen molar-refractivity contribution in [3.05, 3.63) is 28.8 Å². The smallest absolute Gasteiger partial charge is 0.123 e. The summed E-state index contributed by atoms with van der Waals surface area (Å²) in [6.07, 6.45) is 1.19. The minimum Gasteiger partial charge on any atom is -0.488 e. The molecule has 1 N–H and O–H groups in total. The summed E-state index contributed by atoms with van der Waals surface area (Å²) < 4.78 is 5.94. The molecule has 1 aromatic rings. The van der Waals surface area contributed by atoms with Crippen molar-refractivity contribution in [1.82, 2.24) is 5.32 Å². The van der Waals surface area contributed by atoms with Crippen molar-refractivity contribution in [2.75, 3.05) is 13.1 Å². The quantitative estimate of drug-likeness (QED) is 0.851. The number of benzene rings is 1. The number of hydrogen-bond donors (Lipinski definition) is 1. The number of rotatable bonds is 6. The summed E-state index contributed by atoms with van der Waals surface area (Å²) in [6, 6.07) is 5.88. The molecule has 112 valence electrons. The Labute approximate surface area is 127 Å². The highest BCUT2D eigenvalue weighted by molar-refractivity contribution is 6.30. The Bertz CT molecular complexity index is 437. The van der Waals surface area contributed by atoms with Gasteiger partial charge < -0.3 is 10.1 Å². The summed E-state index contributed by atoms with van der Waals surface area (Å²) in [5.41, 5.74) is 1.23. The molecular formula is C17H26ClNO. The van der Waals surface area contributed by atoms with Gasteiger partial charge in [-0.3, -0.25) is 0 Å². The lowest BCUT2D eigenvalue weighted by molar-refractivity contribution is 0.211. The first-order valence-corrected chi connectivity index (χ1v) is 8.01. The maximum Gasteiger partial charge on any atom is 0.123 e. The van der Waals surface area contributed by atoms with Crippen LogP contribution in [0.1, 0.15) is 33.3 Å². The molecule has 1 aromatic carbocycles. The SMILES string of the molecule is CC(C)C(CNCC1Cc2cc(Cl)ccc2O1)C(C)C. The van der Waals surface area contributed by atoms with Crippen LogP contribution in [0, 0.1) is 17.8 Å². The van der Waals surface area contributed by atoms with E-state index in [2.05, 4.69) is 33.0 Å². The highest BCUT2D eigenvalue weighted by Gasteiger charge is 2.23. The summed E-state index contributed by atoms with van der Waals surface area (Å²) in [5.74, 6) is 3.13. The predicted octanol–water partition coefficient (Wildman–Crippen LogP) is 4.16. The maximum absolute atomic E-state index is 6.02. The van der Waals surface area contributed by atoms with E-state index in [1.165, 1.54) is 5.56 Å². The van der Waals surface area contributed by atoms with Crippen molar-refractivity contribution < 1.29 is 4.74 Å². The Kier molecular flexibility index (Phi) is 5.34. The van der Waals surface area contributed by atoms with E-state index in [9.17, 15) is 0 Å². The van der Waals surface area contributed by atoms with Crippen LogP contribution >= 0.6 is 11.6 Å². The van der Waals surface area contributed by atoms with Gasteiger partial charge in [0.25, 0.3) is 0 Å². The summed E-state index contributed by atoms with van der Waals surface area (Å²) >= 11 is 6.02. The standard InChI is InChI=1S/C17H26ClNO/c1-11(2)16(12(3)4)10-19-9-15-8-13-7-14(18)5-6-17(13)20-15/h5-7,11-12,15-16,19H,8-10H2,1-4H3. The molecular weight excluding hydrogens is 270 g/mol. The molecule has 1 aliphatic rings. The van der Waals surface area contributed by atoms with Gasteiger partial charge in [0.15, 0.2) is 0 Å². The number of fused-ring (bicyclic) bond motifs is 1. The molecule has 0 saturated heterocycles. The van der Waals surface area contributed by atoms with Crippen molar-refractivity contribution in [2.45, 2.75) is 40.2 Å². The lowest BCUT2D eigenvalue weighted by Crippen LogP contribution is -2.36. The van der Waals surface area contributed by atoms with E-state index in [1.54, 1.807) is 0 Å². The van der Waals surface area contributed by atoms with Crippen molar-refractivity contribution in [3.63, 3.8) is 0 Å². The molecule has 0 aliphatic carbocycles. The van der Waals surface area contributed by atoms with Gasteiger partial charge in [-0.2, -0.15) is 0 Å². The van der Waals surface area contributed by atoms with Crippen LogP contribution in [-0.2, 0) is 6.42 Å². The Balaban J connectivity index is 1.80. The van der Waals surface area contributed by atoms with Crippen molar-refractivity contribution in [3.8, 4) is 5.75 Å². The van der Waals surface area contributed by atoms with E-state index in [-0.39, 0.29) is 6.10 Å². The second-order valence-corrected chi connectivity index (χ2v) is 6.94. The van der Waals surface area contributed by atoms with Gasteiger partial charge in [0.2, 0.25) is 0 Å². The van der Waals surface area contributed by atoms with E-state index in [0.717, 1.165) is 30.3 Å². The molecule has 0 bridgehead atoms. The van der Waals surface area contributed by atoms with Crippen molar-refractivity contribution >= 4 is 11.6 Å². The molecule has 1 heterocycles. The third-order valence-corrected chi connectivity index (χ3v) is 4.46. The molecule has 1 aliphatic heterocycles. The zero-order valence-electron chi connectivity index (χ0n) is 12.9. The molecule has 0 radical (unpaired) electrons. The third kappa shape index (κ3) is 3.89. The molecule has 0 aromatic heterocycles. The molecule has 2 rings (SSSR count). The van der Waals surface area contributed by atoms with Crippen LogP contribution in [0.3, 0.4) is 0 Å². The molecule has 0 amide bonds. The molecule has 0 saturated carbocycles. The highest BCUT2D eigenvalue weighted by Crippen LogP contribution is 2.30. The fourth-order valence-electron chi connectivity index (χ4n) is 3.06. The second-order valence-electron chi connectivity index (χ2n) is 6.51. The van der Waals surface area contributed by atoms with Gasteiger partial charge in [0.1, 0.15) is 11.9 Å². The Morgan fingerprint density at radius 3 is 2.60 bits per heavy atom. The Morgan fingerprint density at radius 1 is 1.25 bits per heavy atom. The lowest BCUT2D eigenvalue weighted by atomic mass is 9.85. The van der Waals surface area contributed by atoms with Crippen molar-refractivity contribution in [2.24, 2.45) is 17.8 Å². The molecule has 1 atom stereocenters. The van der Waals surface area contributed by atoms with Gasteiger partial charge in [0, 0.05) is 18.0 Å². The molecule has 1 unspecified atom stereocenters. The van der Waals surface area contributed by atoms with Crippen LogP contribution in [0.5, 0.6) is 5.75 Å². The highest BCUT2D eigenvalue weighted by atomic mass is 35.5. The van der Waals surface area contributed by atoms with E-state index in [1.807, 2.05) is 18.2 Å². The minimum atomic E-state index is 0.239. The van der Waals surface area contributed by atoms with Gasteiger partial charge in [-0.15, -0.1) is 0 Å². The maximum atomic E-state index is 6.02. The fourth-order valence-corrected chi connectivity index (χ4v) is 3.25. The summed E-state index contributed by atoms with van der Waals surface area (Å²) in [7, 11) is 0. The van der Waals surface area contributed by atoms with Crippen LogP contribution < -0.4 is 10.1 Å². The fraction of sp³-hybridized carbons (Fsp3) is 0.647. The van der Waals surface area contributed by atoms with Crippen LogP contribution in [-0.4, -0.2) is 19.2 Å². The molecule has 3 heteroatoms. The number of halogens is 1. The van der Waals surface area contributed by atoms with Gasteiger partial charge in [-0.05, 0) is 48.1 Å². The Morgan fingerprint density at radius 2 is 1.95 bits per heavy atom. The van der Waals surface area contributed by atoms with Crippen molar-refractivity contribution in [1.29, 1.82) is 0 Å². The first kappa shape index (κ1) is 15.7. The topological polar surface area (TPSA) is 21.3 Å². The molecule has 2 nitrogen and oxygen atoms in total. The van der Waals surface area contributed by atoms with E-state index in [0.29, 0.717) is 17.8 Å². The first-order valence-electron chi connectivity index (χ1n) is 7.63. The van der Waals surface area contributed by atoms with Gasteiger partial charge in [0.05, 0.1) is 0 Å². The largest absolute Gasteiger partial charge is 0.488 e. The van der Waals surface area contributed by atoms with Crippen LogP contribution in [0.2, 0.25) is 5.02 Å². The first-order chi connectivity index (χ1) is 9.47. The molecule has 0 fully saturated rings. The van der Waals surface area contributed by atoms with Gasteiger partial charge in [-0.25, -0.2) is 0 Å². The molecule has 0 spiro atoms. The minimum absolute atomic E-state index is 0.239. The van der Waals surface area contributed by atoms with E-state index in [4.69, 9.17) is 16.3 Å². The second kappa shape index (κ2) is 6.82. The lowest BCUT2D eigenvalue weighted by Gasteiger charge is -2.25. The summed E-state index contributed by atoms with van der Waals surface area (Å²) in [4.78, 5) is 0. The average Bonchev–Trinajstić information content (AvgIpc) is 2.75. The van der Waals surface area contributed by atoms with E-state index >= 15 is 0 Å². The van der Waals surface area contributed by atoms with E-state index < -0.39 is 0 Å². The van der Waals surface area contributed by atoms with Crippen LogP contribution in [0.4, 0.5) is 0 Å². The predicted molar refractivity (Wildman–Crippen MR) is 85.6 cm³/mol. The zero-order valence-corrected chi connectivity index (χ0v) is 13.7. The summed E-state index contributed by atoms with van der Waals surface area (Å²) in [6.45, 7) is 11.2. The zero-order chi connectivity index (χ0) is 14.7. The number of hydrogen-bond acceptors (Lipinski definition) is 2. The molecule has 20 heavy (non-hydrogen) atoms.